The number of allylic oxidation sites excluding steroid dienone is 2. The molecule has 7 nitrogen and oxygen atoms in total. The van der Waals surface area contributed by atoms with Crippen LogP contribution in [0.4, 0.5) is 0 Å². The number of hydrogen-bond donors (Lipinski definition) is 4. The molecule has 0 aromatic heterocycles. The Morgan fingerprint density at radius 3 is 2.14 bits per heavy atom. The summed E-state index contributed by atoms with van der Waals surface area (Å²) < 4.78 is 5.85. The number of aliphatic carboxylic acids is 1. The lowest BCUT2D eigenvalue weighted by molar-refractivity contribution is -0.225. The van der Waals surface area contributed by atoms with Crippen LogP contribution >= 0.6 is 0 Å². The second-order valence-corrected chi connectivity index (χ2v) is 18.2. The standard InChI is InChI=1S/C37H58O7/c1-20-26(38)28(40)29(41)30(44-20)27(39)22-11-13-34(6)24(33(22,4)5)12-14-36(8)25(34)10-9-21-23-19-32(2,3)15-17-37(23,31(42)43)18-16-35(21,36)7/h9,20,22-26,28-30,38,40-41H,10-19H2,1-8H3,(H,42,43)/t20?,22-,23?,24?,25?,26-,28?,29?,30+,34+,35-,36-,37+/m1/s1. The van der Waals surface area contributed by atoms with E-state index in [1.54, 1.807) is 6.92 Å². The third-order valence-electron chi connectivity index (χ3n) is 15.6. The summed E-state index contributed by atoms with van der Waals surface area (Å²) in [7, 11) is 0. The van der Waals surface area contributed by atoms with Crippen LogP contribution in [0.1, 0.15) is 120 Å². The zero-order valence-corrected chi connectivity index (χ0v) is 28.4. The Balaban J connectivity index is 1.32. The SMILES string of the molecule is CC1O[C@@H](C(=O)[C@H]2CC[C@@]3(C)C(CC[C@]4(C)C3CC=C3C5CC(C)(C)CC[C@]5(C(=O)O)CC[C@]34C)C2(C)C)C(O)C(O)[C@@H]1O. The van der Waals surface area contributed by atoms with Crippen LogP contribution in [0.5, 0.6) is 0 Å². The fourth-order valence-corrected chi connectivity index (χ4v) is 12.6. The van der Waals surface area contributed by atoms with Crippen LogP contribution in [0.2, 0.25) is 0 Å². The molecule has 1 heterocycles. The van der Waals surface area contributed by atoms with Crippen molar-refractivity contribution in [2.45, 2.75) is 150 Å². The van der Waals surface area contributed by atoms with Crippen molar-refractivity contribution in [1.29, 1.82) is 0 Å². The Hall–Kier alpha value is -1.28. The number of rotatable bonds is 3. The van der Waals surface area contributed by atoms with Crippen molar-refractivity contribution in [1.82, 2.24) is 0 Å². The monoisotopic (exact) mass is 614 g/mol. The van der Waals surface area contributed by atoms with E-state index < -0.39 is 41.9 Å². The number of aliphatic hydroxyl groups excluding tert-OH is 3. The highest BCUT2D eigenvalue weighted by Crippen LogP contribution is 2.76. The minimum Gasteiger partial charge on any atom is -0.481 e. The Kier molecular flexibility index (Phi) is 7.50. The van der Waals surface area contributed by atoms with E-state index in [-0.39, 0.29) is 44.7 Å². The van der Waals surface area contributed by atoms with E-state index in [1.807, 2.05) is 0 Å². The zero-order chi connectivity index (χ0) is 32.4. The Labute approximate surface area is 264 Å². The van der Waals surface area contributed by atoms with Gasteiger partial charge in [-0.3, -0.25) is 9.59 Å². The Morgan fingerprint density at radius 1 is 0.818 bits per heavy atom. The number of fused-ring (bicyclic) bond motifs is 7. The summed E-state index contributed by atoms with van der Waals surface area (Å²) in [5.74, 6) is -0.227. The molecule has 44 heavy (non-hydrogen) atoms. The minimum absolute atomic E-state index is 0.0144. The molecule has 4 saturated carbocycles. The van der Waals surface area contributed by atoms with E-state index in [4.69, 9.17) is 4.74 Å². The highest BCUT2D eigenvalue weighted by Gasteiger charge is 2.70. The average Bonchev–Trinajstić information content (AvgIpc) is 2.93. The first-order valence-electron chi connectivity index (χ1n) is 17.4. The van der Waals surface area contributed by atoms with Crippen LogP contribution < -0.4 is 0 Å². The normalized spacial score (nSPS) is 52.8. The van der Waals surface area contributed by atoms with E-state index in [0.29, 0.717) is 18.3 Å². The lowest BCUT2D eigenvalue weighted by atomic mass is 9.33. The van der Waals surface area contributed by atoms with E-state index in [1.165, 1.54) is 5.57 Å². The summed E-state index contributed by atoms with van der Waals surface area (Å²) >= 11 is 0. The van der Waals surface area contributed by atoms with Gasteiger partial charge in [-0.2, -0.15) is 0 Å². The molecule has 0 radical (unpaired) electrons. The fraction of sp³-hybridized carbons (Fsp3) is 0.892. The first kappa shape index (κ1) is 32.7. The predicted octanol–water partition coefficient (Wildman–Crippen LogP) is 5.93. The number of carboxylic acid groups (broad SMARTS) is 1. The minimum atomic E-state index is -1.44. The number of hydrogen-bond acceptors (Lipinski definition) is 6. The molecule has 248 valence electrons. The van der Waals surface area contributed by atoms with Crippen LogP contribution in [-0.2, 0) is 14.3 Å². The molecule has 1 aliphatic heterocycles. The fourth-order valence-electron chi connectivity index (χ4n) is 12.6. The van der Waals surface area contributed by atoms with Crippen molar-refractivity contribution in [3.8, 4) is 0 Å². The van der Waals surface area contributed by atoms with Gasteiger partial charge in [0.15, 0.2) is 5.78 Å². The second-order valence-electron chi connectivity index (χ2n) is 18.2. The second kappa shape index (κ2) is 10.1. The van der Waals surface area contributed by atoms with Gasteiger partial charge in [-0.05, 0) is 116 Å². The summed E-state index contributed by atoms with van der Waals surface area (Å²) in [5, 5.41) is 42.1. The summed E-state index contributed by atoms with van der Waals surface area (Å²) in [4.78, 5) is 27.0. The zero-order valence-electron chi connectivity index (χ0n) is 28.4. The van der Waals surface area contributed by atoms with E-state index in [0.717, 1.165) is 57.8 Å². The van der Waals surface area contributed by atoms with Crippen LogP contribution in [0.25, 0.3) is 0 Å². The third kappa shape index (κ3) is 4.20. The summed E-state index contributed by atoms with van der Waals surface area (Å²) in [6.07, 6.45) is 5.54. The van der Waals surface area contributed by atoms with E-state index in [2.05, 4.69) is 54.5 Å². The van der Waals surface area contributed by atoms with Crippen LogP contribution in [0.3, 0.4) is 0 Å². The summed E-state index contributed by atoms with van der Waals surface area (Å²) in [6.45, 7) is 18.2. The number of aliphatic hydroxyl groups is 3. The number of carbonyl (C=O) groups excluding carboxylic acids is 1. The van der Waals surface area contributed by atoms with Gasteiger partial charge in [0.25, 0.3) is 0 Å². The van der Waals surface area contributed by atoms with Gasteiger partial charge in [-0.1, -0.05) is 60.1 Å². The molecule has 13 atom stereocenters. The molecule has 4 N–H and O–H groups in total. The third-order valence-corrected chi connectivity index (χ3v) is 15.6. The van der Waals surface area contributed by atoms with Gasteiger partial charge in [0.1, 0.15) is 24.4 Å². The van der Waals surface area contributed by atoms with Crippen molar-refractivity contribution < 1.29 is 34.8 Å². The molecule has 0 amide bonds. The summed E-state index contributed by atoms with van der Waals surface area (Å²) in [5.41, 5.74) is 0.605. The molecule has 5 aliphatic carbocycles. The highest BCUT2D eigenvalue weighted by atomic mass is 16.5. The molecule has 0 spiro atoms. The van der Waals surface area contributed by atoms with Gasteiger partial charge in [0.2, 0.25) is 0 Å². The van der Waals surface area contributed by atoms with Crippen molar-refractivity contribution in [2.24, 2.45) is 56.2 Å². The maximum Gasteiger partial charge on any atom is 0.310 e. The lowest BCUT2D eigenvalue weighted by Crippen LogP contribution is -2.66. The van der Waals surface area contributed by atoms with Crippen LogP contribution in [-0.4, -0.2) is 62.7 Å². The topological polar surface area (TPSA) is 124 Å². The number of ether oxygens (including phenoxy) is 1. The Morgan fingerprint density at radius 2 is 1.48 bits per heavy atom. The first-order chi connectivity index (χ1) is 20.3. The van der Waals surface area contributed by atoms with Gasteiger partial charge in [-0.25, -0.2) is 0 Å². The van der Waals surface area contributed by atoms with Gasteiger partial charge in [0.05, 0.1) is 11.5 Å². The van der Waals surface area contributed by atoms with Crippen molar-refractivity contribution in [2.75, 3.05) is 0 Å². The molecule has 6 aliphatic rings. The van der Waals surface area contributed by atoms with Gasteiger partial charge in [0, 0.05) is 5.92 Å². The summed E-state index contributed by atoms with van der Waals surface area (Å²) in [6, 6.07) is 0. The molecule has 7 heteroatoms. The smallest absolute Gasteiger partial charge is 0.310 e. The molecule has 6 rings (SSSR count). The number of Topliss-reactive ketones (excluding diaryl/α,β-unsaturated/α-hetero) is 1. The molecule has 0 aromatic rings. The molecular formula is C37H58O7. The number of carboxylic acids is 1. The molecule has 5 fully saturated rings. The van der Waals surface area contributed by atoms with Crippen LogP contribution in [0.15, 0.2) is 11.6 Å². The quantitative estimate of drug-likeness (QED) is 0.291. The van der Waals surface area contributed by atoms with Gasteiger partial charge >= 0.3 is 5.97 Å². The highest BCUT2D eigenvalue weighted by molar-refractivity contribution is 5.87. The molecule has 1 saturated heterocycles. The van der Waals surface area contributed by atoms with E-state index >= 15 is 0 Å². The molecule has 0 bridgehead atoms. The van der Waals surface area contributed by atoms with Crippen molar-refractivity contribution in [3.05, 3.63) is 11.6 Å². The van der Waals surface area contributed by atoms with Gasteiger partial charge < -0.3 is 25.2 Å². The number of carbonyl (C=O) groups is 2. The van der Waals surface area contributed by atoms with Crippen molar-refractivity contribution in [3.63, 3.8) is 0 Å². The predicted molar refractivity (Wildman–Crippen MR) is 168 cm³/mol. The lowest BCUT2D eigenvalue weighted by Gasteiger charge is -2.71. The van der Waals surface area contributed by atoms with E-state index in [9.17, 15) is 30.0 Å². The van der Waals surface area contributed by atoms with Crippen LogP contribution in [0, 0.1) is 56.2 Å². The molecule has 0 aromatic carbocycles. The first-order valence-corrected chi connectivity index (χ1v) is 17.4. The Bertz CT molecular complexity index is 1240. The number of ketones is 1. The van der Waals surface area contributed by atoms with Crippen molar-refractivity contribution >= 4 is 11.8 Å². The van der Waals surface area contributed by atoms with Gasteiger partial charge in [-0.15, -0.1) is 0 Å². The molecule has 6 unspecified atom stereocenters. The largest absolute Gasteiger partial charge is 0.481 e. The maximum atomic E-state index is 14.1. The maximum absolute atomic E-state index is 14.1. The average molecular weight is 615 g/mol. The molecular weight excluding hydrogens is 556 g/mol.